The lowest BCUT2D eigenvalue weighted by molar-refractivity contribution is -0.118. The molecule has 1 aromatic heterocycles. The van der Waals surface area contributed by atoms with E-state index in [1.165, 1.54) is 5.56 Å². The van der Waals surface area contributed by atoms with Crippen molar-refractivity contribution < 1.29 is 9.53 Å². The van der Waals surface area contributed by atoms with Gasteiger partial charge in [0.25, 0.3) is 0 Å². The van der Waals surface area contributed by atoms with Gasteiger partial charge in [-0.15, -0.1) is 24.8 Å². The van der Waals surface area contributed by atoms with Gasteiger partial charge in [-0.3, -0.25) is 14.4 Å². The number of rotatable bonds is 6. The number of carbonyl (C=O) groups is 1. The largest absolute Gasteiger partial charge is 0.379 e. The Morgan fingerprint density at radius 3 is 2.44 bits per heavy atom. The molecule has 1 aliphatic heterocycles. The maximum atomic E-state index is 12.5. The first-order valence-electron chi connectivity index (χ1n) is 8.51. The number of hydrogen-bond donors (Lipinski definition) is 2. The Labute approximate surface area is 172 Å². The van der Waals surface area contributed by atoms with Crippen molar-refractivity contribution in [2.24, 2.45) is 7.05 Å². The number of hydrogen-bond acceptors (Lipinski definition) is 5. The van der Waals surface area contributed by atoms with Gasteiger partial charge < -0.3 is 15.4 Å². The predicted octanol–water partition coefficient (Wildman–Crippen LogP) is 2.00. The van der Waals surface area contributed by atoms with Crippen molar-refractivity contribution in [3.8, 4) is 0 Å². The summed E-state index contributed by atoms with van der Waals surface area (Å²) >= 11 is 0. The first-order chi connectivity index (χ1) is 12.2. The van der Waals surface area contributed by atoms with Gasteiger partial charge in [0.05, 0.1) is 19.4 Å². The van der Waals surface area contributed by atoms with E-state index in [-0.39, 0.29) is 30.7 Å². The number of amides is 1. The molecule has 2 heterocycles. The molecule has 27 heavy (non-hydrogen) atoms. The predicted molar refractivity (Wildman–Crippen MR) is 111 cm³/mol. The van der Waals surface area contributed by atoms with Crippen LogP contribution in [0.2, 0.25) is 0 Å². The fourth-order valence-electron chi connectivity index (χ4n) is 2.96. The molecular formula is C18H27Cl2N5O2. The fraction of sp³-hybridized carbons (Fsp3) is 0.444. The SMILES string of the molecule is CNC(C(=O)Nc1ccc(CN2CCOCC2)cc1)c1cnn(C)c1.Cl.Cl. The summed E-state index contributed by atoms with van der Waals surface area (Å²) in [7, 11) is 3.60. The average Bonchev–Trinajstić information content (AvgIpc) is 3.04. The van der Waals surface area contributed by atoms with Crippen LogP contribution in [0.1, 0.15) is 17.2 Å². The van der Waals surface area contributed by atoms with Crippen LogP contribution in [-0.2, 0) is 23.1 Å². The maximum Gasteiger partial charge on any atom is 0.246 e. The third-order valence-corrected chi connectivity index (χ3v) is 4.34. The molecule has 1 aliphatic rings. The first-order valence-corrected chi connectivity index (χ1v) is 8.51. The van der Waals surface area contributed by atoms with Crippen LogP contribution in [0.3, 0.4) is 0 Å². The van der Waals surface area contributed by atoms with Gasteiger partial charge in [-0.05, 0) is 24.7 Å². The number of likely N-dealkylation sites (N-methyl/N-ethyl adjacent to an activating group) is 1. The summed E-state index contributed by atoms with van der Waals surface area (Å²) in [6.07, 6.45) is 3.54. The number of aryl methyl sites for hydroxylation is 1. The van der Waals surface area contributed by atoms with Crippen LogP contribution in [-0.4, -0.2) is 53.9 Å². The smallest absolute Gasteiger partial charge is 0.246 e. The average molecular weight is 416 g/mol. The second-order valence-corrected chi connectivity index (χ2v) is 6.24. The highest BCUT2D eigenvalue weighted by atomic mass is 35.5. The second kappa shape index (κ2) is 11.3. The molecule has 0 saturated carbocycles. The third kappa shape index (κ3) is 6.48. The Morgan fingerprint density at radius 1 is 1.22 bits per heavy atom. The van der Waals surface area contributed by atoms with E-state index >= 15 is 0 Å². The Balaban J connectivity index is 0.00000182. The zero-order valence-electron chi connectivity index (χ0n) is 15.6. The quantitative estimate of drug-likeness (QED) is 0.754. The van der Waals surface area contributed by atoms with Gasteiger partial charge in [0.1, 0.15) is 6.04 Å². The molecule has 7 nitrogen and oxygen atoms in total. The Morgan fingerprint density at radius 2 is 1.89 bits per heavy atom. The summed E-state index contributed by atoms with van der Waals surface area (Å²) < 4.78 is 7.06. The summed E-state index contributed by atoms with van der Waals surface area (Å²) in [5.74, 6) is -0.101. The molecule has 1 saturated heterocycles. The lowest BCUT2D eigenvalue weighted by atomic mass is 10.1. The molecule has 1 atom stereocenters. The maximum absolute atomic E-state index is 12.5. The Bertz CT molecular complexity index is 702. The summed E-state index contributed by atoms with van der Waals surface area (Å²) in [5.41, 5.74) is 2.86. The van der Waals surface area contributed by atoms with E-state index in [4.69, 9.17) is 4.74 Å². The minimum Gasteiger partial charge on any atom is -0.379 e. The zero-order valence-corrected chi connectivity index (χ0v) is 17.2. The Hall–Kier alpha value is -1.64. The number of morpholine rings is 1. The van der Waals surface area contributed by atoms with Crippen LogP contribution in [0.15, 0.2) is 36.7 Å². The number of benzene rings is 1. The van der Waals surface area contributed by atoms with Gasteiger partial charge in [-0.2, -0.15) is 5.10 Å². The van der Waals surface area contributed by atoms with Crippen molar-refractivity contribution >= 4 is 36.4 Å². The number of nitrogens with one attached hydrogen (secondary N) is 2. The topological polar surface area (TPSA) is 71.4 Å². The molecule has 0 spiro atoms. The lowest BCUT2D eigenvalue weighted by Gasteiger charge is -2.26. The van der Waals surface area contributed by atoms with E-state index in [9.17, 15) is 4.79 Å². The van der Waals surface area contributed by atoms with Crippen LogP contribution in [0.4, 0.5) is 5.69 Å². The molecule has 3 rings (SSSR count). The third-order valence-electron chi connectivity index (χ3n) is 4.34. The molecule has 1 amide bonds. The van der Waals surface area contributed by atoms with Gasteiger partial charge in [0, 0.05) is 44.1 Å². The van der Waals surface area contributed by atoms with Crippen molar-refractivity contribution in [1.29, 1.82) is 0 Å². The zero-order chi connectivity index (χ0) is 17.6. The van der Waals surface area contributed by atoms with Gasteiger partial charge in [0.15, 0.2) is 0 Å². The number of nitrogens with zero attached hydrogens (tertiary/aromatic N) is 3. The number of halogens is 2. The molecule has 2 N–H and O–H groups in total. The minimum absolute atomic E-state index is 0. The lowest BCUT2D eigenvalue weighted by Crippen LogP contribution is -2.35. The van der Waals surface area contributed by atoms with Gasteiger partial charge >= 0.3 is 0 Å². The van der Waals surface area contributed by atoms with Crippen LogP contribution in [0.25, 0.3) is 0 Å². The van der Waals surface area contributed by atoms with Crippen molar-refractivity contribution in [2.75, 3.05) is 38.7 Å². The molecule has 0 bridgehead atoms. The molecule has 0 radical (unpaired) electrons. The fourth-order valence-corrected chi connectivity index (χ4v) is 2.96. The monoisotopic (exact) mass is 415 g/mol. The number of anilines is 1. The first kappa shape index (κ1) is 23.4. The van der Waals surface area contributed by atoms with E-state index in [0.717, 1.165) is 44.1 Å². The standard InChI is InChI=1S/C18H25N5O2.2ClH/c1-19-17(15-11-20-22(2)13-15)18(24)21-16-5-3-14(4-6-16)12-23-7-9-25-10-8-23;;/h3-6,11,13,17,19H,7-10,12H2,1-2H3,(H,21,24);2*1H. The van der Waals surface area contributed by atoms with E-state index < -0.39 is 6.04 Å². The highest BCUT2D eigenvalue weighted by Crippen LogP contribution is 2.17. The van der Waals surface area contributed by atoms with Crippen molar-refractivity contribution in [3.05, 3.63) is 47.8 Å². The summed E-state index contributed by atoms with van der Waals surface area (Å²) in [5, 5.41) is 10.1. The highest BCUT2D eigenvalue weighted by molar-refractivity contribution is 5.95. The Kier molecular flexibility index (Phi) is 9.76. The molecule has 1 fully saturated rings. The summed E-state index contributed by atoms with van der Waals surface area (Å²) in [6.45, 7) is 4.44. The molecule has 0 aliphatic carbocycles. The molecule has 9 heteroatoms. The van der Waals surface area contributed by atoms with Crippen LogP contribution < -0.4 is 10.6 Å². The van der Waals surface area contributed by atoms with Gasteiger partial charge in [-0.1, -0.05) is 12.1 Å². The molecular weight excluding hydrogens is 389 g/mol. The molecule has 2 aromatic rings. The van der Waals surface area contributed by atoms with Crippen molar-refractivity contribution in [1.82, 2.24) is 20.0 Å². The van der Waals surface area contributed by atoms with E-state index in [2.05, 4.69) is 32.8 Å². The number of carbonyl (C=O) groups excluding carboxylic acids is 1. The van der Waals surface area contributed by atoms with Gasteiger partial charge in [0.2, 0.25) is 5.91 Å². The molecule has 1 aromatic carbocycles. The van der Waals surface area contributed by atoms with Crippen molar-refractivity contribution in [3.63, 3.8) is 0 Å². The normalized spacial score (nSPS) is 15.3. The highest BCUT2D eigenvalue weighted by Gasteiger charge is 2.20. The number of ether oxygens (including phenoxy) is 1. The second-order valence-electron chi connectivity index (χ2n) is 6.24. The van der Waals surface area contributed by atoms with E-state index in [1.807, 2.05) is 25.4 Å². The summed E-state index contributed by atoms with van der Waals surface area (Å²) in [6, 6.07) is 7.59. The van der Waals surface area contributed by atoms with Crippen LogP contribution in [0.5, 0.6) is 0 Å². The van der Waals surface area contributed by atoms with Crippen LogP contribution >= 0.6 is 24.8 Å². The molecule has 1 unspecified atom stereocenters. The van der Waals surface area contributed by atoms with Crippen molar-refractivity contribution in [2.45, 2.75) is 12.6 Å². The minimum atomic E-state index is -0.429. The summed E-state index contributed by atoms with van der Waals surface area (Å²) in [4.78, 5) is 14.9. The van der Waals surface area contributed by atoms with Gasteiger partial charge in [-0.25, -0.2) is 0 Å². The van der Waals surface area contributed by atoms with Crippen LogP contribution in [0, 0.1) is 0 Å². The number of aromatic nitrogens is 2. The molecule has 150 valence electrons. The van der Waals surface area contributed by atoms with E-state index in [1.54, 1.807) is 17.9 Å². The van der Waals surface area contributed by atoms with E-state index in [0.29, 0.717) is 0 Å².